The SMILES string of the molecule is CC(C)(C)[Si](C)(C)OCCCCc1ccc([C@@H]2C(=O)C[C@@H](C[Si](C)(C)C)[C@H]2C[Si](C)(C)C)o1. The molecule has 3 atom stereocenters. The fraction of sp³-hybridized carbons (Fsp3) is 0.815. The van der Waals surface area contributed by atoms with Gasteiger partial charge in [0.05, 0.1) is 5.92 Å². The normalized spacial score (nSPS) is 22.9. The molecule has 2 rings (SSSR count). The molecule has 1 fully saturated rings. The van der Waals surface area contributed by atoms with Gasteiger partial charge in [0.2, 0.25) is 0 Å². The van der Waals surface area contributed by atoms with Gasteiger partial charge in [0.25, 0.3) is 0 Å². The minimum Gasteiger partial charge on any atom is -0.465 e. The van der Waals surface area contributed by atoms with Crippen molar-refractivity contribution in [2.75, 3.05) is 6.61 Å². The van der Waals surface area contributed by atoms with Gasteiger partial charge < -0.3 is 8.84 Å². The van der Waals surface area contributed by atoms with Crippen molar-refractivity contribution in [3.8, 4) is 0 Å². The van der Waals surface area contributed by atoms with Crippen LogP contribution in [0.4, 0.5) is 0 Å². The first-order valence-electron chi connectivity index (χ1n) is 13.1. The summed E-state index contributed by atoms with van der Waals surface area (Å²) >= 11 is 0. The van der Waals surface area contributed by atoms with Gasteiger partial charge in [-0.1, -0.05) is 72.1 Å². The van der Waals surface area contributed by atoms with Crippen molar-refractivity contribution in [1.82, 2.24) is 0 Å². The average Bonchev–Trinajstić information content (AvgIpc) is 3.15. The van der Waals surface area contributed by atoms with Crippen molar-refractivity contribution < 1.29 is 13.6 Å². The molecule has 1 aromatic heterocycles. The molecule has 1 aliphatic carbocycles. The molecule has 1 heterocycles. The molecule has 0 aliphatic heterocycles. The second kappa shape index (κ2) is 10.7. The molecule has 3 nitrogen and oxygen atoms in total. The van der Waals surface area contributed by atoms with Crippen LogP contribution < -0.4 is 0 Å². The van der Waals surface area contributed by atoms with Crippen molar-refractivity contribution >= 4 is 30.2 Å². The van der Waals surface area contributed by atoms with Crippen molar-refractivity contribution in [2.45, 2.75) is 122 Å². The van der Waals surface area contributed by atoms with Gasteiger partial charge in [-0.15, -0.1) is 0 Å². The zero-order valence-electron chi connectivity index (χ0n) is 23.6. The minimum absolute atomic E-state index is 0.0197. The molecule has 0 amide bonds. The summed E-state index contributed by atoms with van der Waals surface area (Å²) in [5.41, 5.74) is 0. The summed E-state index contributed by atoms with van der Waals surface area (Å²) in [4.78, 5) is 13.2. The van der Waals surface area contributed by atoms with Crippen LogP contribution in [0.5, 0.6) is 0 Å². The van der Waals surface area contributed by atoms with E-state index in [0.717, 1.165) is 43.8 Å². The molecule has 0 saturated heterocycles. The molecular weight excluding hydrogens is 457 g/mol. The van der Waals surface area contributed by atoms with Crippen LogP contribution in [0.1, 0.15) is 57.5 Å². The van der Waals surface area contributed by atoms with Gasteiger partial charge in [0, 0.05) is 35.6 Å². The number of rotatable bonds is 11. The predicted molar refractivity (Wildman–Crippen MR) is 150 cm³/mol. The van der Waals surface area contributed by atoms with Crippen LogP contribution in [-0.4, -0.2) is 36.9 Å². The van der Waals surface area contributed by atoms with E-state index < -0.39 is 24.5 Å². The molecule has 0 bridgehead atoms. The van der Waals surface area contributed by atoms with E-state index in [-0.39, 0.29) is 11.0 Å². The number of Topliss-reactive ketones (excluding diaryl/α,β-unsaturated/α-hetero) is 1. The largest absolute Gasteiger partial charge is 0.465 e. The predicted octanol–water partition coefficient (Wildman–Crippen LogP) is 8.59. The molecule has 0 aromatic carbocycles. The van der Waals surface area contributed by atoms with E-state index in [2.05, 4.69) is 85.3 Å². The van der Waals surface area contributed by atoms with Crippen LogP contribution in [0.2, 0.25) is 69.5 Å². The van der Waals surface area contributed by atoms with Crippen molar-refractivity contribution in [1.29, 1.82) is 0 Å². The molecule has 6 heteroatoms. The first-order valence-corrected chi connectivity index (χ1v) is 23.5. The molecule has 0 spiro atoms. The van der Waals surface area contributed by atoms with Crippen molar-refractivity contribution in [2.24, 2.45) is 11.8 Å². The van der Waals surface area contributed by atoms with Crippen molar-refractivity contribution in [3.05, 3.63) is 23.7 Å². The number of hydrogen-bond acceptors (Lipinski definition) is 3. The fourth-order valence-corrected chi connectivity index (χ4v) is 10.2. The maximum absolute atomic E-state index is 13.2. The van der Waals surface area contributed by atoms with E-state index in [0.29, 0.717) is 17.6 Å². The lowest BCUT2D eigenvalue weighted by Gasteiger charge is -2.36. The first-order chi connectivity index (χ1) is 14.9. The summed E-state index contributed by atoms with van der Waals surface area (Å²) < 4.78 is 12.7. The second-order valence-corrected chi connectivity index (χ2v) is 30.3. The third kappa shape index (κ3) is 8.62. The Morgan fingerprint density at radius 2 is 1.55 bits per heavy atom. The van der Waals surface area contributed by atoms with E-state index in [9.17, 15) is 4.79 Å². The zero-order valence-corrected chi connectivity index (χ0v) is 26.6. The molecule has 0 N–H and O–H groups in total. The minimum atomic E-state index is -1.66. The Kier molecular flexibility index (Phi) is 9.31. The van der Waals surface area contributed by atoms with Gasteiger partial charge in [-0.3, -0.25) is 4.79 Å². The Labute approximate surface area is 207 Å². The molecule has 33 heavy (non-hydrogen) atoms. The summed E-state index contributed by atoms with van der Waals surface area (Å²) in [7, 11) is -4.17. The Morgan fingerprint density at radius 1 is 0.939 bits per heavy atom. The molecule has 190 valence electrons. The lowest BCUT2D eigenvalue weighted by atomic mass is 9.90. The average molecular weight is 509 g/mol. The van der Waals surface area contributed by atoms with Gasteiger partial charge in [-0.25, -0.2) is 0 Å². The smallest absolute Gasteiger partial charge is 0.191 e. The molecule has 1 aromatic rings. The van der Waals surface area contributed by atoms with E-state index in [4.69, 9.17) is 8.84 Å². The van der Waals surface area contributed by atoms with E-state index >= 15 is 0 Å². The number of carbonyl (C=O) groups is 1. The van der Waals surface area contributed by atoms with Crippen LogP contribution in [0, 0.1) is 11.8 Å². The zero-order chi connectivity index (χ0) is 25.2. The Hall–Kier alpha value is -0.439. The fourth-order valence-electron chi connectivity index (χ4n) is 5.06. The monoisotopic (exact) mass is 508 g/mol. The Bertz CT molecular complexity index is 778. The molecular formula is C27H52O3Si3. The van der Waals surface area contributed by atoms with Gasteiger partial charge in [0.15, 0.2) is 8.32 Å². The third-order valence-electron chi connectivity index (χ3n) is 7.64. The van der Waals surface area contributed by atoms with E-state index in [1.165, 1.54) is 12.1 Å². The highest BCUT2D eigenvalue weighted by atomic mass is 28.4. The van der Waals surface area contributed by atoms with Gasteiger partial charge in [-0.2, -0.15) is 0 Å². The Morgan fingerprint density at radius 3 is 2.09 bits per heavy atom. The number of hydrogen-bond donors (Lipinski definition) is 0. The lowest BCUT2D eigenvalue weighted by Crippen LogP contribution is -2.40. The van der Waals surface area contributed by atoms with Crippen LogP contribution >= 0.6 is 0 Å². The summed E-state index contributed by atoms with van der Waals surface area (Å²) in [6.07, 6.45) is 3.81. The molecule has 1 saturated carbocycles. The number of unbranched alkanes of at least 4 members (excludes halogenated alkanes) is 1. The van der Waals surface area contributed by atoms with Crippen LogP contribution in [-0.2, 0) is 15.6 Å². The van der Waals surface area contributed by atoms with Crippen LogP contribution in [0.3, 0.4) is 0 Å². The maximum atomic E-state index is 13.2. The first kappa shape index (κ1) is 28.8. The molecule has 0 radical (unpaired) electrons. The number of aryl methyl sites for hydroxylation is 1. The number of carbonyl (C=O) groups excluding carboxylic acids is 1. The summed E-state index contributed by atoms with van der Waals surface area (Å²) in [5.74, 6) is 3.38. The maximum Gasteiger partial charge on any atom is 0.191 e. The highest BCUT2D eigenvalue weighted by Crippen LogP contribution is 2.48. The number of furan rings is 1. The van der Waals surface area contributed by atoms with Crippen LogP contribution in [0.15, 0.2) is 16.5 Å². The summed E-state index contributed by atoms with van der Waals surface area (Å²) in [5, 5.41) is 0.260. The van der Waals surface area contributed by atoms with Crippen LogP contribution in [0.25, 0.3) is 0 Å². The highest BCUT2D eigenvalue weighted by Gasteiger charge is 2.47. The molecule has 1 aliphatic rings. The Balaban J connectivity index is 2.01. The summed E-state index contributed by atoms with van der Waals surface area (Å²) in [6, 6.07) is 6.71. The van der Waals surface area contributed by atoms with Gasteiger partial charge >= 0.3 is 0 Å². The second-order valence-electron chi connectivity index (χ2n) is 14.5. The third-order valence-corrected chi connectivity index (χ3v) is 15.6. The van der Waals surface area contributed by atoms with Gasteiger partial charge in [0.1, 0.15) is 17.3 Å². The van der Waals surface area contributed by atoms with Crippen molar-refractivity contribution in [3.63, 3.8) is 0 Å². The lowest BCUT2D eigenvalue weighted by molar-refractivity contribution is -0.119. The van der Waals surface area contributed by atoms with E-state index in [1.54, 1.807) is 0 Å². The topological polar surface area (TPSA) is 39.4 Å². The molecule has 0 unspecified atom stereocenters. The standard InChI is InChI=1S/C27H52O3Si3/c1-27(2,3)33(10,11)29-17-13-12-14-22-15-16-25(30-22)26-23(20-32(7,8)9)21(18-24(26)28)19-31(4,5)6/h15-16,21,23,26H,12-14,17-20H2,1-11H3/t21-,23+,26-/m0/s1. The number of ketones is 1. The van der Waals surface area contributed by atoms with Gasteiger partial charge in [-0.05, 0) is 54.9 Å². The summed E-state index contributed by atoms with van der Waals surface area (Å²) in [6.45, 7) is 27.0. The van der Waals surface area contributed by atoms with E-state index in [1.807, 2.05) is 0 Å². The quantitative estimate of drug-likeness (QED) is 0.222. The highest BCUT2D eigenvalue weighted by molar-refractivity contribution is 6.77.